The van der Waals surface area contributed by atoms with Crippen LogP contribution in [0.2, 0.25) is 0 Å². The van der Waals surface area contributed by atoms with Crippen LogP contribution in [0.5, 0.6) is 11.5 Å². The number of Topliss-reactive ketones (excluding diaryl/α,β-unsaturated/α-hetero) is 1. The number of carbonyl (C=O) groups excluding carboxylic acids is 1. The second kappa shape index (κ2) is 6.59. The van der Waals surface area contributed by atoms with Crippen LogP contribution >= 0.6 is 0 Å². The van der Waals surface area contributed by atoms with Gasteiger partial charge in [0.15, 0.2) is 17.3 Å². The number of hydrogen-bond acceptors (Lipinski definition) is 8. The van der Waals surface area contributed by atoms with Gasteiger partial charge in [-0.05, 0) is 25.1 Å². The molecule has 0 bridgehead atoms. The minimum atomic E-state index is -1.58. The van der Waals surface area contributed by atoms with Gasteiger partial charge in [0, 0.05) is 5.56 Å². The summed E-state index contributed by atoms with van der Waals surface area (Å²) >= 11 is 0. The maximum atomic E-state index is 11.2. The molecule has 0 spiro atoms. The highest BCUT2D eigenvalue weighted by atomic mass is 16.7. The summed E-state index contributed by atoms with van der Waals surface area (Å²) in [6, 6.07) is 3.93. The number of carbonyl (C=O) groups is 1. The molecule has 0 unspecified atom stereocenters. The number of phenolic OH excluding ortho intramolecular Hbond substituents is 1. The van der Waals surface area contributed by atoms with Crippen molar-refractivity contribution in [2.45, 2.75) is 37.6 Å². The quantitative estimate of drug-likeness (QED) is 0.436. The first kappa shape index (κ1) is 16.7. The van der Waals surface area contributed by atoms with Gasteiger partial charge in [0.2, 0.25) is 6.29 Å². The van der Waals surface area contributed by atoms with Crippen molar-refractivity contribution in [3.05, 3.63) is 23.8 Å². The summed E-state index contributed by atoms with van der Waals surface area (Å²) in [5.41, 5.74) is 0.277. The first-order valence-corrected chi connectivity index (χ1v) is 6.66. The molecule has 0 amide bonds. The number of rotatable bonds is 4. The Labute approximate surface area is 126 Å². The van der Waals surface area contributed by atoms with Gasteiger partial charge >= 0.3 is 0 Å². The van der Waals surface area contributed by atoms with E-state index in [4.69, 9.17) is 14.6 Å². The van der Waals surface area contributed by atoms with Gasteiger partial charge in [0.1, 0.15) is 24.4 Å². The van der Waals surface area contributed by atoms with Gasteiger partial charge in [0.05, 0.1) is 6.61 Å². The van der Waals surface area contributed by atoms with Gasteiger partial charge in [-0.2, -0.15) is 0 Å². The van der Waals surface area contributed by atoms with Crippen LogP contribution in [0.15, 0.2) is 18.2 Å². The average molecular weight is 314 g/mol. The Morgan fingerprint density at radius 2 is 1.91 bits per heavy atom. The molecular formula is C14H18O8. The molecular weight excluding hydrogens is 296 g/mol. The van der Waals surface area contributed by atoms with Gasteiger partial charge in [-0.15, -0.1) is 0 Å². The van der Waals surface area contributed by atoms with Crippen LogP contribution in [-0.4, -0.2) is 68.6 Å². The number of hydrogen-bond donors (Lipinski definition) is 5. The lowest BCUT2D eigenvalue weighted by molar-refractivity contribution is -0.277. The molecule has 0 radical (unpaired) electrons. The van der Waals surface area contributed by atoms with Gasteiger partial charge < -0.3 is 35.0 Å². The molecule has 8 nitrogen and oxygen atoms in total. The number of aliphatic hydroxyl groups is 4. The third kappa shape index (κ3) is 3.21. The molecule has 0 aliphatic carbocycles. The van der Waals surface area contributed by atoms with Crippen LogP contribution in [0.1, 0.15) is 17.3 Å². The highest BCUT2D eigenvalue weighted by molar-refractivity contribution is 5.94. The lowest BCUT2D eigenvalue weighted by atomic mass is 9.99. The van der Waals surface area contributed by atoms with E-state index in [1.54, 1.807) is 0 Å². The van der Waals surface area contributed by atoms with E-state index in [1.165, 1.54) is 25.1 Å². The Bertz CT molecular complexity index is 544. The van der Waals surface area contributed by atoms with Crippen molar-refractivity contribution in [1.82, 2.24) is 0 Å². The number of ketones is 1. The van der Waals surface area contributed by atoms with Crippen LogP contribution in [0.3, 0.4) is 0 Å². The van der Waals surface area contributed by atoms with E-state index in [0.717, 1.165) is 0 Å². The zero-order chi connectivity index (χ0) is 16.4. The molecule has 2 rings (SSSR count). The van der Waals surface area contributed by atoms with Crippen LogP contribution < -0.4 is 4.74 Å². The highest BCUT2D eigenvalue weighted by Gasteiger charge is 2.44. The molecule has 1 fully saturated rings. The van der Waals surface area contributed by atoms with Crippen LogP contribution in [0, 0.1) is 0 Å². The topological polar surface area (TPSA) is 137 Å². The van der Waals surface area contributed by atoms with Crippen LogP contribution in [0.4, 0.5) is 0 Å². The molecule has 5 N–H and O–H groups in total. The smallest absolute Gasteiger partial charge is 0.229 e. The van der Waals surface area contributed by atoms with Crippen molar-refractivity contribution in [2.24, 2.45) is 0 Å². The summed E-state index contributed by atoms with van der Waals surface area (Å²) in [6.45, 7) is 0.757. The molecule has 1 aliphatic heterocycles. The largest absolute Gasteiger partial charge is 0.504 e. The molecule has 122 valence electrons. The third-order valence-electron chi connectivity index (χ3n) is 3.46. The zero-order valence-corrected chi connectivity index (χ0v) is 11.8. The summed E-state index contributed by atoms with van der Waals surface area (Å²) in [5, 5.41) is 48.1. The van der Waals surface area contributed by atoms with E-state index in [9.17, 15) is 25.2 Å². The molecule has 22 heavy (non-hydrogen) atoms. The van der Waals surface area contributed by atoms with Crippen molar-refractivity contribution in [3.8, 4) is 11.5 Å². The lowest BCUT2D eigenvalue weighted by Gasteiger charge is -2.39. The van der Waals surface area contributed by atoms with Crippen molar-refractivity contribution in [1.29, 1.82) is 0 Å². The standard InChI is InChI=1S/C14H18O8/c1-6(16)7-2-3-9(8(17)4-7)21-14-13(20)12(19)11(18)10(5-15)22-14/h2-4,10-15,17-20H,5H2,1H3/t10-,11-,12+,13-,14-/m1/s1. The number of ether oxygens (including phenoxy) is 2. The fraction of sp³-hybridized carbons (Fsp3) is 0.500. The molecule has 0 aromatic heterocycles. The molecule has 1 aliphatic rings. The van der Waals surface area contributed by atoms with Crippen molar-refractivity contribution >= 4 is 5.78 Å². The molecule has 5 atom stereocenters. The average Bonchev–Trinajstić information content (AvgIpc) is 2.49. The second-order valence-corrected chi connectivity index (χ2v) is 5.05. The molecule has 1 heterocycles. The number of aliphatic hydroxyl groups excluding tert-OH is 4. The maximum Gasteiger partial charge on any atom is 0.229 e. The second-order valence-electron chi connectivity index (χ2n) is 5.05. The summed E-state index contributed by atoms with van der Waals surface area (Å²) in [4.78, 5) is 11.2. The van der Waals surface area contributed by atoms with Crippen molar-refractivity contribution < 1.29 is 39.8 Å². The number of aromatic hydroxyl groups is 1. The fourth-order valence-corrected chi connectivity index (χ4v) is 2.13. The van der Waals surface area contributed by atoms with E-state index in [-0.39, 0.29) is 22.8 Å². The number of phenols is 1. The molecule has 8 heteroatoms. The zero-order valence-electron chi connectivity index (χ0n) is 11.8. The summed E-state index contributed by atoms with van der Waals surface area (Å²) in [7, 11) is 0. The first-order chi connectivity index (χ1) is 10.3. The van der Waals surface area contributed by atoms with Crippen molar-refractivity contribution in [3.63, 3.8) is 0 Å². The summed E-state index contributed by atoms with van der Waals surface area (Å²) < 4.78 is 10.4. The van der Waals surface area contributed by atoms with Gasteiger partial charge in [0.25, 0.3) is 0 Å². The maximum absolute atomic E-state index is 11.2. The lowest BCUT2D eigenvalue weighted by Crippen LogP contribution is -2.60. The van der Waals surface area contributed by atoms with Gasteiger partial charge in [-0.25, -0.2) is 0 Å². The normalized spacial score (nSPS) is 31.8. The van der Waals surface area contributed by atoms with E-state index in [1.807, 2.05) is 0 Å². The Hall–Kier alpha value is -1.71. The summed E-state index contributed by atoms with van der Waals surface area (Å²) in [6.07, 6.45) is -7.15. The van der Waals surface area contributed by atoms with Gasteiger partial charge in [-0.1, -0.05) is 0 Å². The monoisotopic (exact) mass is 314 g/mol. The van der Waals surface area contributed by atoms with E-state index in [0.29, 0.717) is 0 Å². The van der Waals surface area contributed by atoms with Crippen LogP contribution in [-0.2, 0) is 4.74 Å². The first-order valence-electron chi connectivity index (χ1n) is 6.66. The predicted molar refractivity (Wildman–Crippen MR) is 72.5 cm³/mol. The Morgan fingerprint density at radius 3 is 2.45 bits per heavy atom. The van der Waals surface area contributed by atoms with Crippen LogP contribution in [0.25, 0.3) is 0 Å². The number of benzene rings is 1. The molecule has 0 saturated carbocycles. The van der Waals surface area contributed by atoms with Gasteiger partial charge in [-0.3, -0.25) is 4.79 Å². The van der Waals surface area contributed by atoms with E-state index in [2.05, 4.69) is 0 Å². The van der Waals surface area contributed by atoms with Crippen molar-refractivity contribution in [2.75, 3.05) is 6.61 Å². The molecule has 1 saturated heterocycles. The fourth-order valence-electron chi connectivity index (χ4n) is 2.13. The minimum absolute atomic E-state index is 0.0747. The highest BCUT2D eigenvalue weighted by Crippen LogP contribution is 2.31. The third-order valence-corrected chi connectivity index (χ3v) is 3.46. The summed E-state index contributed by atoms with van der Waals surface area (Å²) in [5.74, 6) is -0.659. The Morgan fingerprint density at radius 1 is 1.23 bits per heavy atom. The Kier molecular flexibility index (Phi) is 4.99. The minimum Gasteiger partial charge on any atom is -0.504 e. The molecule has 1 aromatic carbocycles. The predicted octanol–water partition coefficient (Wildman–Crippen LogP) is -1.23. The van der Waals surface area contributed by atoms with E-state index >= 15 is 0 Å². The molecule has 1 aromatic rings. The Balaban J connectivity index is 2.17. The van der Waals surface area contributed by atoms with E-state index < -0.39 is 37.3 Å². The SMILES string of the molecule is CC(=O)c1ccc(O[C@@H]2O[C@H](CO)[C@@H](O)[C@H](O)[C@H]2O)c(O)c1.